The van der Waals surface area contributed by atoms with Gasteiger partial charge in [0.1, 0.15) is 0 Å². The minimum absolute atomic E-state index is 1.61. The van der Waals surface area contributed by atoms with Crippen molar-refractivity contribution in [3.8, 4) is 0 Å². The lowest BCUT2D eigenvalue weighted by molar-refractivity contribution is -0.467. The third-order valence-electron chi connectivity index (χ3n) is 4.59. The second-order valence-corrected chi connectivity index (χ2v) is 6.87. The SMILES string of the molecule is C=CC(F)(F)C(F)(F)C(F)(F)C(F)(F)C(F)(F)C(F)(F)C(F)(F)C(F)(F)C(F)(F)C(F)(F)C1CO1. The molecule has 0 spiro atoms. The molecule has 0 aromatic rings. The van der Waals surface area contributed by atoms with Crippen LogP contribution in [-0.2, 0) is 4.74 Å². The highest BCUT2D eigenvalue weighted by atomic mass is 19.4. The average Bonchev–Trinajstić information content (AvgIpc) is 3.52. The van der Waals surface area contributed by atoms with E-state index in [2.05, 4.69) is 4.74 Å². The van der Waals surface area contributed by atoms with E-state index in [1.165, 1.54) is 0 Å². The molecule has 0 aromatic heterocycles. The highest BCUT2D eigenvalue weighted by molar-refractivity contribution is 5.20. The van der Waals surface area contributed by atoms with E-state index in [9.17, 15) is 87.8 Å². The molecule has 0 saturated carbocycles. The van der Waals surface area contributed by atoms with Crippen LogP contribution in [0.2, 0.25) is 0 Å². The number of ether oxygens (including phenoxy) is 1. The van der Waals surface area contributed by atoms with E-state index in [-0.39, 0.29) is 0 Å². The van der Waals surface area contributed by atoms with Crippen molar-refractivity contribution in [3.63, 3.8) is 0 Å². The standard InChI is InChI=1S/C14H6F20O/c1-2-5(15,16)7(19,20)9(23,24)11(27,28)13(31,32)14(33,34)12(29,30)10(25,26)8(21,22)6(17,18)4-3-35-4/h2,4H,1,3H2. The van der Waals surface area contributed by atoms with Crippen molar-refractivity contribution < 1.29 is 92.5 Å². The maximum atomic E-state index is 13.5. The molecule has 35 heavy (non-hydrogen) atoms. The Balaban J connectivity index is 3.75. The van der Waals surface area contributed by atoms with Crippen molar-refractivity contribution in [2.45, 2.75) is 65.3 Å². The van der Waals surface area contributed by atoms with E-state index >= 15 is 0 Å². The molecule has 1 rings (SSSR count). The Labute approximate surface area is 178 Å². The molecule has 21 heteroatoms. The molecule has 1 aliphatic rings. The van der Waals surface area contributed by atoms with Gasteiger partial charge in [0.2, 0.25) is 0 Å². The molecule has 0 N–H and O–H groups in total. The number of halogens is 20. The second kappa shape index (κ2) is 7.65. The quantitative estimate of drug-likeness (QED) is 0.149. The smallest absolute Gasteiger partial charge is 0.366 e. The second-order valence-electron chi connectivity index (χ2n) is 6.87. The lowest BCUT2D eigenvalue weighted by atomic mass is 9.85. The van der Waals surface area contributed by atoms with Gasteiger partial charge in [0.25, 0.3) is 0 Å². The van der Waals surface area contributed by atoms with Crippen LogP contribution < -0.4 is 0 Å². The summed E-state index contributed by atoms with van der Waals surface area (Å²) in [6, 6.07) is 0. The molecule has 1 fully saturated rings. The molecular weight excluding hydrogens is 564 g/mol. The van der Waals surface area contributed by atoms with Gasteiger partial charge in [-0.05, 0) is 6.08 Å². The monoisotopic (exact) mass is 570 g/mol. The summed E-state index contributed by atoms with van der Waals surface area (Å²) in [5, 5.41) is 0. The fourth-order valence-electron chi connectivity index (χ4n) is 2.19. The van der Waals surface area contributed by atoms with Crippen LogP contribution in [-0.4, -0.2) is 71.9 Å². The first-order valence-electron chi connectivity index (χ1n) is 7.95. The molecule has 0 aromatic carbocycles. The first-order valence-corrected chi connectivity index (χ1v) is 7.95. The molecule has 1 saturated heterocycles. The molecule has 1 atom stereocenters. The minimum Gasteiger partial charge on any atom is -0.366 e. The lowest BCUT2D eigenvalue weighted by Gasteiger charge is -2.44. The van der Waals surface area contributed by atoms with Gasteiger partial charge in [0, 0.05) is 0 Å². The Hall–Kier alpha value is -1.70. The topological polar surface area (TPSA) is 12.5 Å². The number of alkyl halides is 20. The predicted octanol–water partition coefficient (Wildman–Crippen LogP) is 6.92. The molecule has 208 valence electrons. The molecule has 1 aliphatic heterocycles. The Morgan fingerprint density at radius 1 is 0.457 bits per heavy atom. The predicted molar refractivity (Wildman–Crippen MR) is 69.4 cm³/mol. The van der Waals surface area contributed by atoms with Crippen LogP contribution in [0.4, 0.5) is 87.8 Å². The van der Waals surface area contributed by atoms with Crippen LogP contribution >= 0.6 is 0 Å². The van der Waals surface area contributed by atoms with Crippen LogP contribution in [0.5, 0.6) is 0 Å². The Morgan fingerprint density at radius 2 is 0.686 bits per heavy atom. The molecule has 1 unspecified atom stereocenters. The van der Waals surface area contributed by atoms with Gasteiger partial charge < -0.3 is 4.74 Å². The highest BCUT2D eigenvalue weighted by Crippen LogP contribution is 2.66. The van der Waals surface area contributed by atoms with Crippen LogP contribution in [0, 0.1) is 0 Å². The van der Waals surface area contributed by atoms with Gasteiger partial charge in [-0.1, -0.05) is 6.58 Å². The third-order valence-corrected chi connectivity index (χ3v) is 4.59. The summed E-state index contributed by atoms with van der Waals surface area (Å²) >= 11 is 0. The molecule has 0 aliphatic carbocycles. The first kappa shape index (κ1) is 31.3. The summed E-state index contributed by atoms with van der Waals surface area (Å²) in [6.07, 6.45) is -5.03. The summed E-state index contributed by atoms with van der Waals surface area (Å²) < 4.78 is 271. The highest BCUT2D eigenvalue weighted by Gasteiger charge is 2.97. The third kappa shape index (κ3) is 3.56. The molecule has 0 radical (unpaired) electrons. The number of allylic oxidation sites excluding steroid dienone is 1. The number of rotatable bonds is 11. The summed E-state index contributed by atoms with van der Waals surface area (Å²) in [4.78, 5) is 0. The summed E-state index contributed by atoms with van der Waals surface area (Å²) in [6.45, 7) is 0.101. The maximum absolute atomic E-state index is 13.5. The van der Waals surface area contributed by atoms with Crippen molar-refractivity contribution in [2.75, 3.05) is 6.61 Å². The van der Waals surface area contributed by atoms with Gasteiger partial charge in [0.15, 0.2) is 6.10 Å². The number of hydrogen-bond acceptors (Lipinski definition) is 1. The Kier molecular flexibility index (Phi) is 6.85. The Morgan fingerprint density at radius 3 is 0.914 bits per heavy atom. The summed E-state index contributed by atoms with van der Waals surface area (Å²) in [5.74, 6) is -81.8. The van der Waals surface area contributed by atoms with Crippen LogP contribution in [0.3, 0.4) is 0 Å². The fourth-order valence-corrected chi connectivity index (χ4v) is 2.19. The molecular formula is C14H6F20O. The average molecular weight is 570 g/mol. The molecule has 1 heterocycles. The zero-order valence-electron chi connectivity index (χ0n) is 15.5. The van der Waals surface area contributed by atoms with Crippen LogP contribution in [0.25, 0.3) is 0 Å². The summed E-state index contributed by atoms with van der Waals surface area (Å²) in [7, 11) is 0. The zero-order valence-corrected chi connectivity index (χ0v) is 15.5. The van der Waals surface area contributed by atoms with E-state index in [4.69, 9.17) is 0 Å². The number of epoxide rings is 1. The lowest BCUT2D eigenvalue weighted by Crippen LogP contribution is -2.77. The van der Waals surface area contributed by atoms with Crippen molar-refractivity contribution in [3.05, 3.63) is 12.7 Å². The van der Waals surface area contributed by atoms with E-state index in [0.29, 0.717) is 0 Å². The van der Waals surface area contributed by atoms with E-state index in [1.807, 2.05) is 0 Å². The van der Waals surface area contributed by atoms with Crippen molar-refractivity contribution >= 4 is 0 Å². The van der Waals surface area contributed by atoms with E-state index in [1.54, 1.807) is 6.58 Å². The molecule has 0 amide bonds. The van der Waals surface area contributed by atoms with Gasteiger partial charge >= 0.3 is 59.2 Å². The van der Waals surface area contributed by atoms with Gasteiger partial charge in [-0.25, -0.2) is 0 Å². The normalized spacial score (nSPS) is 20.2. The maximum Gasteiger partial charge on any atom is 0.385 e. The minimum atomic E-state index is -9.02. The van der Waals surface area contributed by atoms with Crippen molar-refractivity contribution in [2.24, 2.45) is 0 Å². The van der Waals surface area contributed by atoms with E-state index in [0.717, 1.165) is 0 Å². The van der Waals surface area contributed by atoms with Crippen LogP contribution in [0.15, 0.2) is 12.7 Å². The van der Waals surface area contributed by atoms with Gasteiger partial charge in [-0.2, -0.15) is 87.8 Å². The fraction of sp³-hybridized carbons (Fsp3) is 0.857. The summed E-state index contributed by atoms with van der Waals surface area (Å²) in [5.41, 5.74) is 0. The van der Waals surface area contributed by atoms with Gasteiger partial charge in [-0.15, -0.1) is 0 Å². The van der Waals surface area contributed by atoms with E-state index < -0.39 is 78.0 Å². The Bertz CT molecular complexity index is 822. The van der Waals surface area contributed by atoms with Gasteiger partial charge in [0.05, 0.1) is 6.61 Å². The van der Waals surface area contributed by atoms with Gasteiger partial charge in [-0.3, -0.25) is 0 Å². The zero-order chi connectivity index (χ0) is 28.7. The largest absolute Gasteiger partial charge is 0.385 e. The molecule has 0 bridgehead atoms. The number of hydrogen-bond donors (Lipinski definition) is 0. The van der Waals surface area contributed by atoms with Crippen LogP contribution in [0.1, 0.15) is 0 Å². The van der Waals surface area contributed by atoms with Crippen molar-refractivity contribution in [1.29, 1.82) is 0 Å². The first-order chi connectivity index (χ1) is 14.9. The van der Waals surface area contributed by atoms with Crippen molar-refractivity contribution in [1.82, 2.24) is 0 Å². The molecule has 1 nitrogen and oxygen atoms in total.